The lowest BCUT2D eigenvalue weighted by Crippen LogP contribution is -2.52. The minimum atomic E-state index is 0.132. The van der Waals surface area contributed by atoms with E-state index in [1.54, 1.807) is 0 Å². The van der Waals surface area contributed by atoms with Gasteiger partial charge in [-0.2, -0.15) is 0 Å². The smallest absolute Gasteiger partial charge is 0.234 e. The van der Waals surface area contributed by atoms with Crippen LogP contribution >= 0.6 is 0 Å². The highest BCUT2D eigenvalue weighted by Crippen LogP contribution is 2.14. The first-order valence-electron chi connectivity index (χ1n) is 8.36. The molecule has 0 unspecified atom stereocenters. The van der Waals surface area contributed by atoms with Gasteiger partial charge in [0.15, 0.2) is 0 Å². The Bertz CT molecular complexity index is 470. The van der Waals surface area contributed by atoms with Gasteiger partial charge in [0.2, 0.25) is 5.91 Å². The van der Waals surface area contributed by atoms with Crippen molar-refractivity contribution in [1.82, 2.24) is 15.5 Å². The predicted octanol–water partition coefficient (Wildman–Crippen LogP) is 1.76. The molecule has 1 fully saturated rings. The molecule has 1 aromatic rings. The number of rotatable bonds is 6. The molecule has 0 radical (unpaired) electrons. The number of carbonyl (C=O) groups excluding carboxylic acids is 1. The van der Waals surface area contributed by atoms with E-state index in [1.165, 1.54) is 11.1 Å². The molecule has 4 heteroatoms. The standard InChI is InChI=1S/C18H29N3O/c1-14(2)17-6-4-16(5-7-17)8-9-20-18(22)13-21-11-10-19-12-15(21)3/h4-7,14-15,19H,8-13H2,1-3H3,(H,20,22)/t15-/m1/s1. The first-order valence-corrected chi connectivity index (χ1v) is 8.36. The normalized spacial score (nSPS) is 19.4. The Morgan fingerprint density at radius 2 is 2.09 bits per heavy atom. The number of amides is 1. The zero-order valence-corrected chi connectivity index (χ0v) is 14.1. The molecular formula is C18H29N3O. The van der Waals surface area contributed by atoms with Crippen molar-refractivity contribution in [1.29, 1.82) is 0 Å². The van der Waals surface area contributed by atoms with E-state index < -0.39 is 0 Å². The number of nitrogens with one attached hydrogen (secondary N) is 2. The highest BCUT2D eigenvalue weighted by Gasteiger charge is 2.19. The van der Waals surface area contributed by atoms with E-state index in [4.69, 9.17) is 0 Å². The van der Waals surface area contributed by atoms with Crippen LogP contribution in [-0.2, 0) is 11.2 Å². The Kier molecular flexibility index (Phi) is 6.40. The van der Waals surface area contributed by atoms with Crippen molar-refractivity contribution in [2.24, 2.45) is 0 Å². The van der Waals surface area contributed by atoms with E-state index >= 15 is 0 Å². The molecule has 1 atom stereocenters. The van der Waals surface area contributed by atoms with Crippen molar-refractivity contribution >= 4 is 5.91 Å². The van der Waals surface area contributed by atoms with Crippen molar-refractivity contribution in [3.63, 3.8) is 0 Å². The number of carbonyl (C=O) groups is 1. The largest absolute Gasteiger partial charge is 0.355 e. The third-order valence-electron chi connectivity index (χ3n) is 4.37. The number of benzene rings is 1. The van der Waals surface area contributed by atoms with Gasteiger partial charge in [0.05, 0.1) is 6.54 Å². The van der Waals surface area contributed by atoms with Gasteiger partial charge in [-0.15, -0.1) is 0 Å². The van der Waals surface area contributed by atoms with Crippen LogP contribution in [0.5, 0.6) is 0 Å². The van der Waals surface area contributed by atoms with E-state index in [2.05, 4.69) is 60.6 Å². The zero-order valence-electron chi connectivity index (χ0n) is 14.1. The third kappa shape index (κ3) is 5.11. The van der Waals surface area contributed by atoms with Gasteiger partial charge in [0, 0.05) is 32.2 Å². The van der Waals surface area contributed by atoms with Crippen molar-refractivity contribution in [2.75, 3.05) is 32.7 Å². The summed E-state index contributed by atoms with van der Waals surface area (Å²) in [5.41, 5.74) is 2.64. The fourth-order valence-corrected chi connectivity index (χ4v) is 2.77. The van der Waals surface area contributed by atoms with Gasteiger partial charge < -0.3 is 10.6 Å². The minimum absolute atomic E-state index is 0.132. The Balaban J connectivity index is 1.70. The first kappa shape index (κ1) is 17.0. The maximum Gasteiger partial charge on any atom is 0.234 e. The second-order valence-corrected chi connectivity index (χ2v) is 6.52. The molecule has 1 aliphatic heterocycles. The zero-order chi connectivity index (χ0) is 15.9. The maximum atomic E-state index is 12.0. The Morgan fingerprint density at radius 1 is 1.36 bits per heavy atom. The molecule has 1 aromatic carbocycles. The van der Waals surface area contributed by atoms with Crippen LogP contribution in [0.15, 0.2) is 24.3 Å². The molecule has 1 aliphatic rings. The van der Waals surface area contributed by atoms with Crippen LogP contribution in [-0.4, -0.2) is 49.6 Å². The van der Waals surface area contributed by atoms with E-state index in [0.29, 0.717) is 25.0 Å². The summed E-state index contributed by atoms with van der Waals surface area (Å²) in [4.78, 5) is 14.3. The van der Waals surface area contributed by atoms with Gasteiger partial charge >= 0.3 is 0 Å². The van der Waals surface area contributed by atoms with Crippen LogP contribution in [0.2, 0.25) is 0 Å². The summed E-state index contributed by atoms with van der Waals surface area (Å²) in [6, 6.07) is 9.14. The molecule has 0 saturated carbocycles. The molecule has 2 N–H and O–H groups in total. The van der Waals surface area contributed by atoms with Crippen LogP contribution in [0.1, 0.15) is 37.8 Å². The van der Waals surface area contributed by atoms with Crippen molar-refractivity contribution < 1.29 is 4.79 Å². The molecule has 2 rings (SSSR count). The lowest BCUT2D eigenvalue weighted by atomic mass is 10.0. The van der Waals surface area contributed by atoms with Crippen molar-refractivity contribution in [3.8, 4) is 0 Å². The lowest BCUT2D eigenvalue weighted by Gasteiger charge is -2.33. The topological polar surface area (TPSA) is 44.4 Å². The predicted molar refractivity (Wildman–Crippen MR) is 91.1 cm³/mol. The SMILES string of the molecule is CC(C)c1ccc(CCNC(=O)CN2CCNC[C@H]2C)cc1. The summed E-state index contributed by atoms with van der Waals surface area (Å²) in [5.74, 6) is 0.697. The number of nitrogens with zero attached hydrogens (tertiary/aromatic N) is 1. The van der Waals surface area contributed by atoms with E-state index in [-0.39, 0.29) is 5.91 Å². The van der Waals surface area contributed by atoms with Gasteiger partial charge in [-0.05, 0) is 30.4 Å². The fraction of sp³-hybridized carbons (Fsp3) is 0.611. The number of piperazine rings is 1. The molecule has 1 amide bonds. The molecule has 22 heavy (non-hydrogen) atoms. The van der Waals surface area contributed by atoms with E-state index in [9.17, 15) is 4.79 Å². The van der Waals surface area contributed by atoms with Crippen LogP contribution in [0.25, 0.3) is 0 Å². The summed E-state index contributed by atoms with van der Waals surface area (Å²) < 4.78 is 0. The molecule has 0 aliphatic carbocycles. The molecular weight excluding hydrogens is 274 g/mol. The van der Waals surface area contributed by atoms with Crippen LogP contribution in [0.4, 0.5) is 0 Å². The van der Waals surface area contributed by atoms with Crippen LogP contribution in [0, 0.1) is 0 Å². The molecule has 0 aromatic heterocycles. The summed E-state index contributed by atoms with van der Waals surface area (Å²) >= 11 is 0. The molecule has 0 spiro atoms. The third-order valence-corrected chi connectivity index (χ3v) is 4.37. The molecule has 1 saturated heterocycles. The summed E-state index contributed by atoms with van der Waals surface area (Å²) in [7, 11) is 0. The fourth-order valence-electron chi connectivity index (χ4n) is 2.77. The van der Waals surface area contributed by atoms with Crippen LogP contribution < -0.4 is 10.6 Å². The maximum absolute atomic E-state index is 12.0. The summed E-state index contributed by atoms with van der Waals surface area (Å²) in [6.07, 6.45) is 0.890. The summed E-state index contributed by atoms with van der Waals surface area (Å²) in [5, 5.41) is 6.38. The van der Waals surface area contributed by atoms with Gasteiger partial charge in [-0.1, -0.05) is 38.1 Å². The Morgan fingerprint density at radius 3 is 2.73 bits per heavy atom. The first-order chi connectivity index (χ1) is 10.6. The van der Waals surface area contributed by atoms with Gasteiger partial charge in [-0.3, -0.25) is 9.69 Å². The highest BCUT2D eigenvalue weighted by molar-refractivity contribution is 5.78. The highest BCUT2D eigenvalue weighted by atomic mass is 16.2. The quantitative estimate of drug-likeness (QED) is 0.842. The van der Waals surface area contributed by atoms with Crippen molar-refractivity contribution in [2.45, 2.75) is 39.2 Å². The second-order valence-electron chi connectivity index (χ2n) is 6.52. The van der Waals surface area contributed by atoms with Crippen molar-refractivity contribution in [3.05, 3.63) is 35.4 Å². The Hall–Kier alpha value is -1.39. The van der Waals surface area contributed by atoms with Gasteiger partial charge in [0.1, 0.15) is 0 Å². The van der Waals surface area contributed by atoms with E-state index in [1.807, 2.05) is 0 Å². The molecule has 4 nitrogen and oxygen atoms in total. The van der Waals surface area contributed by atoms with Crippen LogP contribution in [0.3, 0.4) is 0 Å². The number of hydrogen-bond acceptors (Lipinski definition) is 3. The average Bonchev–Trinajstić information content (AvgIpc) is 2.50. The average molecular weight is 303 g/mol. The van der Waals surface area contributed by atoms with Gasteiger partial charge in [-0.25, -0.2) is 0 Å². The minimum Gasteiger partial charge on any atom is -0.355 e. The summed E-state index contributed by atoms with van der Waals surface area (Å²) in [6.45, 7) is 10.7. The van der Waals surface area contributed by atoms with Gasteiger partial charge in [0.25, 0.3) is 0 Å². The molecule has 1 heterocycles. The molecule has 0 bridgehead atoms. The Labute approximate surface area is 134 Å². The monoisotopic (exact) mass is 303 g/mol. The molecule has 122 valence electrons. The second kappa shape index (κ2) is 8.30. The van der Waals surface area contributed by atoms with E-state index in [0.717, 1.165) is 26.1 Å². The number of hydrogen-bond donors (Lipinski definition) is 2. The lowest BCUT2D eigenvalue weighted by molar-refractivity contribution is -0.122.